The zero-order chi connectivity index (χ0) is 19.2. The normalized spacial score (nSPS) is 13.1. The van der Waals surface area contributed by atoms with E-state index in [0.717, 1.165) is 37.3 Å². The average molecular weight is 370 g/mol. The number of fused-ring (bicyclic) bond motifs is 1. The molecule has 2 aromatic rings. The number of benzene rings is 2. The first kappa shape index (κ1) is 19.0. The maximum absolute atomic E-state index is 14.1. The van der Waals surface area contributed by atoms with E-state index in [4.69, 9.17) is 4.74 Å². The van der Waals surface area contributed by atoms with Crippen LogP contribution in [0.3, 0.4) is 0 Å². The second-order valence-corrected chi connectivity index (χ2v) is 6.82. The molecule has 0 atom stereocenters. The van der Waals surface area contributed by atoms with Crippen LogP contribution in [0.4, 0.5) is 10.1 Å². The van der Waals surface area contributed by atoms with Crippen molar-refractivity contribution in [3.63, 3.8) is 0 Å². The fourth-order valence-corrected chi connectivity index (χ4v) is 3.15. The van der Waals surface area contributed by atoms with E-state index in [1.807, 2.05) is 20.2 Å². The summed E-state index contributed by atoms with van der Waals surface area (Å²) in [5, 5.41) is 6.53. The van der Waals surface area contributed by atoms with E-state index in [1.165, 1.54) is 11.1 Å². The Bertz CT molecular complexity index is 820. The highest BCUT2D eigenvalue weighted by atomic mass is 19.1. The van der Waals surface area contributed by atoms with Gasteiger partial charge in [-0.3, -0.25) is 4.99 Å². The van der Waals surface area contributed by atoms with Crippen LogP contribution in [0, 0.1) is 5.82 Å². The molecule has 0 radical (unpaired) electrons. The fourth-order valence-electron chi connectivity index (χ4n) is 3.15. The van der Waals surface area contributed by atoms with Crippen molar-refractivity contribution in [2.75, 3.05) is 39.2 Å². The van der Waals surface area contributed by atoms with Crippen molar-refractivity contribution < 1.29 is 9.13 Å². The zero-order valence-electron chi connectivity index (χ0n) is 16.2. The number of ether oxygens (including phenoxy) is 1. The second kappa shape index (κ2) is 8.75. The van der Waals surface area contributed by atoms with Gasteiger partial charge in [0, 0.05) is 40.7 Å². The van der Waals surface area contributed by atoms with E-state index >= 15 is 0 Å². The Morgan fingerprint density at radius 1 is 1.15 bits per heavy atom. The van der Waals surface area contributed by atoms with Gasteiger partial charge in [-0.25, -0.2) is 4.39 Å². The topological polar surface area (TPSA) is 48.9 Å². The van der Waals surface area contributed by atoms with Gasteiger partial charge in [-0.2, -0.15) is 0 Å². The molecule has 0 aromatic heterocycles. The van der Waals surface area contributed by atoms with E-state index in [2.05, 4.69) is 33.8 Å². The summed E-state index contributed by atoms with van der Waals surface area (Å²) in [6.07, 6.45) is 1.89. The van der Waals surface area contributed by atoms with Gasteiger partial charge in [0.2, 0.25) is 0 Å². The Labute approximate surface area is 160 Å². The van der Waals surface area contributed by atoms with Crippen molar-refractivity contribution in [1.29, 1.82) is 0 Å². The third kappa shape index (κ3) is 4.90. The molecule has 1 aliphatic rings. The zero-order valence-corrected chi connectivity index (χ0v) is 16.2. The molecule has 0 saturated carbocycles. The number of nitrogens with zero attached hydrogens (tertiary/aromatic N) is 2. The largest absolute Gasteiger partial charge is 0.493 e. The molecule has 0 fully saturated rings. The number of aliphatic imine (C=N–C) groups is 1. The lowest BCUT2D eigenvalue weighted by Gasteiger charge is -2.15. The molecule has 5 nitrogen and oxygen atoms in total. The molecule has 1 heterocycles. The van der Waals surface area contributed by atoms with Gasteiger partial charge in [-0.1, -0.05) is 18.2 Å². The van der Waals surface area contributed by atoms with Crippen molar-refractivity contribution in [2.24, 2.45) is 4.99 Å². The Morgan fingerprint density at radius 3 is 2.70 bits per heavy atom. The van der Waals surface area contributed by atoms with Crippen LogP contribution >= 0.6 is 0 Å². The summed E-state index contributed by atoms with van der Waals surface area (Å²) in [7, 11) is 5.39. The van der Waals surface area contributed by atoms with E-state index in [9.17, 15) is 4.39 Å². The van der Waals surface area contributed by atoms with Gasteiger partial charge in [0.15, 0.2) is 5.96 Å². The van der Waals surface area contributed by atoms with Crippen LogP contribution in [0.1, 0.15) is 16.7 Å². The molecular formula is C21H27FN4O. The van der Waals surface area contributed by atoms with Crippen molar-refractivity contribution in [1.82, 2.24) is 10.6 Å². The molecule has 6 heteroatoms. The standard InChI is InChI=1S/C21H27FN4O/c1-23-21(25-14-16-4-6-19(26(2)3)18(22)13-16)24-10-8-15-5-7-20-17(12-15)9-11-27-20/h4-7,12-13H,8-11,14H2,1-3H3,(H2,23,24,25). The number of guanidine groups is 1. The minimum absolute atomic E-state index is 0.220. The van der Waals surface area contributed by atoms with Crippen molar-refractivity contribution >= 4 is 11.6 Å². The fraction of sp³-hybridized carbons (Fsp3) is 0.381. The number of halogens is 1. The molecule has 2 N–H and O–H groups in total. The van der Waals surface area contributed by atoms with Crippen LogP contribution in [0.15, 0.2) is 41.4 Å². The van der Waals surface area contributed by atoms with Crippen molar-refractivity contribution in [3.8, 4) is 5.75 Å². The summed E-state index contributed by atoms with van der Waals surface area (Å²) in [6, 6.07) is 11.6. The van der Waals surface area contributed by atoms with E-state index < -0.39 is 0 Å². The third-order valence-electron chi connectivity index (χ3n) is 4.64. The summed E-state index contributed by atoms with van der Waals surface area (Å²) in [5.41, 5.74) is 4.03. The lowest BCUT2D eigenvalue weighted by atomic mass is 10.1. The highest BCUT2D eigenvalue weighted by Crippen LogP contribution is 2.25. The van der Waals surface area contributed by atoms with Crippen LogP contribution < -0.4 is 20.3 Å². The molecule has 3 rings (SSSR count). The molecule has 0 spiro atoms. The number of hydrogen-bond acceptors (Lipinski definition) is 3. The quantitative estimate of drug-likeness (QED) is 0.606. The molecule has 144 valence electrons. The number of hydrogen-bond donors (Lipinski definition) is 2. The van der Waals surface area contributed by atoms with E-state index in [0.29, 0.717) is 18.2 Å². The number of anilines is 1. The highest BCUT2D eigenvalue weighted by molar-refractivity contribution is 5.79. The van der Waals surface area contributed by atoms with Gasteiger partial charge < -0.3 is 20.3 Å². The molecule has 2 aromatic carbocycles. The lowest BCUT2D eigenvalue weighted by molar-refractivity contribution is 0.357. The van der Waals surface area contributed by atoms with Crippen LogP contribution in [0.25, 0.3) is 0 Å². The Kier molecular flexibility index (Phi) is 6.16. The number of rotatable bonds is 6. The van der Waals surface area contributed by atoms with E-state index in [-0.39, 0.29) is 5.82 Å². The second-order valence-electron chi connectivity index (χ2n) is 6.82. The maximum atomic E-state index is 14.1. The van der Waals surface area contributed by atoms with Gasteiger partial charge >= 0.3 is 0 Å². The van der Waals surface area contributed by atoms with Gasteiger partial charge in [-0.15, -0.1) is 0 Å². The van der Waals surface area contributed by atoms with Gasteiger partial charge in [-0.05, 0) is 41.3 Å². The summed E-state index contributed by atoms with van der Waals surface area (Å²) in [5.74, 6) is 1.50. The first-order valence-corrected chi connectivity index (χ1v) is 9.21. The predicted molar refractivity (Wildman–Crippen MR) is 108 cm³/mol. The van der Waals surface area contributed by atoms with Gasteiger partial charge in [0.05, 0.1) is 12.3 Å². The van der Waals surface area contributed by atoms with Crippen LogP contribution in [-0.2, 0) is 19.4 Å². The summed E-state index contributed by atoms with van der Waals surface area (Å²) >= 11 is 0. The monoisotopic (exact) mass is 370 g/mol. The first-order valence-electron chi connectivity index (χ1n) is 9.21. The average Bonchev–Trinajstić information content (AvgIpc) is 3.12. The first-order chi connectivity index (χ1) is 13.1. The van der Waals surface area contributed by atoms with Crippen LogP contribution in [0.5, 0.6) is 5.75 Å². The Morgan fingerprint density at radius 2 is 1.96 bits per heavy atom. The summed E-state index contributed by atoms with van der Waals surface area (Å²) in [4.78, 5) is 5.99. The minimum atomic E-state index is -0.220. The van der Waals surface area contributed by atoms with Crippen molar-refractivity contribution in [3.05, 3.63) is 58.9 Å². The molecule has 0 unspecified atom stereocenters. The van der Waals surface area contributed by atoms with Crippen LogP contribution in [-0.4, -0.2) is 40.3 Å². The molecule has 27 heavy (non-hydrogen) atoms. The molecule has 1 aliphatic heterocycles. The lowest BCUT2D eigenvalue weighted by Crippen LogP contribution is -2.37. The highest BCUT2D eigenvalue weighted by Gasteiger charge is 2.12. The smallest absolute Gasteiger partial charge is 0.191 e. The molecular weight excluding hydrogens is 343 g/mol. The van der Waals surface area contributed by atoms with E-state index in [1.54, 1.807) is 24.1 Å². The number of nitrogens with one attached hydrogen (secondary N) is 2. The summed E-state index contributed by atoms with van der Waals surface area (Å²) < 4.78 is 19.6. The minimum Gasteiger partial charge on any atom is -0.493 e. The predicted octanol–water partition coefficient (Wildman–Crippen LogP) is 2.73. The molecule has 0 aliphatic carbocycles. The maximum Gasteiger partial charge on any atom is 0.191 e. The van der Waals surface area contributed by atoms with Crippen LogP contribution in [0.2, 0.25) is 0 Å². The molecule has 0 amide bonds. The third-order valence-corrected chi connectivity index (χ3v) is 4.64. The van der Waals surface area contributed by atoms with Gasteiger partial charge in [0.25, 0.3) is 0 Å². The van der Waals surface area contributed by atoms with Crippen molar-refractivity contribution in [2.45, 2.75) is 19.4 Å². The Balaban J connectivity index is 1.47. The Hall–Kier alpha value is -2.76. The molecule has 0 saturated heterocycles. The SMILES string of the molecule is CN=C(NCCc1ccc2c(c1)CCO2)NCc1ccc(N(C)C)c(F)c1. The van der Waals surface area contributed by atoms with Gasteiger partial charge in [0.1, 0.15) is 11.6 Å². The summed E-state index contributed by atoms with van der Waals surface area (Å²) in [6.45, 7) is 2.07. The molecule has 0 bridgehead atoms.